The zero-order chi connectivity index (χ0) is 26.4. The maximum atomic E-state index is 10.5. The third kappa shape index (κ3) is 32.7. The largest absolute Gasteiger partial charge is 0.481 e. The zero-order valence-corrected chi connectivity index (χ0v) is 23.7. The molecule has 0 aliphatic carbocycles. The van der Waals surface area contributed by atoms with Crippen LogP contribution in [0.5, 0.6) is 0 Å². The molecule has 0 heterocycles. The number of unbranched alkanes of at least 4 members (excludes halogenated alkanes) is 25. The van der Waals surface area contributed by atoms with Crippen LogP contribution in [-0.2, 0) is 9.59 Å². The van der Waals surface area contributed by atoms with Crippen molar-refractivity contribution in [2.45, 2.75) is 180 Å². The van der Waals surface area contributed by atoms with Crippen LogP contribution < -0.4 is 0 Å². The van der Waals surface area contributed by atoms with Crippen LogP contribution in [0.1, 0.15) is 180 Å². The smallest absolute Gasteiger partial charge is 0.307 e. The Morgan fingerprint density at radius 1 is 0.361 bits per heavy atom. The molecular formula is C32H60O4. The highest BCUT2D eigenvalue weighted by Crippen LogP contribution is 2.16. The molecule has 0 fully saturated rings. The van der Waals surface area contributed by atoms with E-state index >= 15 is 0 Å². The van der Waals surface area contributed by atoms with E-state index in [-0.39, 0.29) is 6.42 Å². The van der Waals surface area contributed by atoms with Gasteiger partial charge in [0.25, 0.3) is 0 Å². The van der Waals surface area contributed by atoms with Crippen LogP contribution in [0.2, 0.25) is 0 Å². The van der Waals surface area contributed by atoms with E-state index in [9.17, 15) is 9.59 Å². The number of carbonyl (C=O) groups is 2. The second-order valence-corrected chi connectivity index (χ2v) is 10.8. The lowest BCUT2D eigenvalue weighted by molar-refractivity contribution is -0.137. The standard InChI is InChI=1S/C32H60O4/c33-31(34)29-27-25-23-21-19-17-15-13-11-9-7-5-3-1-2-4-6-8-10-12-14-16-18-20-22-24-26-28-30-32(35)36/h25,27H,1-24,26,28-30H2,(H,33,34)(H,35,36). The fourth-order valence-corrected chi connectivity index (χ4v) is 4.91. The Morgan fingerprint density at radius 3 is 0.917 bits per heavy atom. The highest BCUT2D eigenvalue weighted by Gasteiger charge is 1.98. The van der Waals surface area contributed by atoms with Crippen molar-refractivity contribution >= 4 is 11.9 Å². The van der Waals surface area contributed by atoms with Gasteiger partial charge in [0.2, 0.25) is 0 Å². The molecular weight excluding hydrogens is 448 g/mol. The molecule has 36 heavy (non-hydrogen) atoms. The Bertz CT molecular complexity index is 500. The quantitative estimate of drug-likeness (QED) is 0.0747. The van der Waals surface area contributed by atoms with E-state index < -0.39 is 11.9 Å². The molecule has 0 aromatic rings. The van der Waals surface area contributed by atoms with Gasteiger partial charge in [-0.3, -0.25) is 9.59 Å². The predicted molar refractivity (Wildman–Crippen MR) is 154 cm³/mol. The first kappa shape index (κ1) is 34.7. The Labute approximate surface area is 223 Å². The number of aliphatic carboxylic acids is 2. The van der Waals surface area contributed by atoms with Gasteiger partial charge >= 0.3 is 11.9 Å². The van der Waals surface area contributed by atoms with Gasteiger partial charge < -0.3 is 10.2 Å². The zero-order valence-electron chi connectivity index (χ0n) is 23.7. The van der Waals surface area contributed by atoms with Crippen LogP contribution in [-0.4, -0.2) is 22.2 Å². The monoisotopic (exact) mass is 508 g/mol. The molecule has 0 aliphatic rings. The van der Waals surface area contributed by atoms with E-state index in [1.807, 2.05) is 6.08 Å². The maximum Gasteiger partial charge on any atom is 0.307 e. The van der Waals surface area contributed by atoms with Gasteiger partial charge in [-0.15, -0.1) is 0 Å². The van der Waals surface area contributed by atoms with Crippen LogP contribution in [0, 0.1) is 0 Å². The van der Waals surface area contributed by atoms with E-state index in [4.69, 9.17) is 10.2 Å². The second-order valence-electron chi connectivity index (χ2n) is 10.8. The number of rotatable bonds is 30. The van der Waals surface area contributed by atoms with Crippen molar-refractivity contribution in [3.05, 3.63) is 12.2 Å². The number of hydrogen-bond acceptors (Lipinski definition) is 2. The minimum Gasteiger partial charge on any atom is -0.481 e. The van der Waals surface area contributed by atoms with Gasteiger partial charge in [0.05, 0.1) is 6.42 Å². The Balaban J connectivity index is 3.06. The Kier molecular flexibility index (Phi) is 28.8. The number of carboxylic acid groups (broad SMARTS) is 2. The Morgan fingerprint density at radius 2 is 0.639 bits per heavy atom. The van der Waals surface area contributed by atoms with E-state index in [2.05, 4.69) is 0 Å². The highest BCUT2D eigenvalue weighted by atomic mass is 16.4. The third-order valence-corrected chi connectivity index (χ3v) is 7.22. The molecule has 0 unspecified atom stereocenters. The average molecular weight is 509 g/mol. The van der Waals surface area contributed by atoms with Gasteiger partial charge in [-0.25, -0.2) is 0 Å². The molecule has 0 radical (unpaired) electrons. The van der Waals surface area contributed by atoms with E-state index in [1.54, 1.807) is 6.08 Å². The summed E-state index contributed by atoms with van der Waals surface area (Å²) in [5, 5.41) is 17.2. The molecule has 2 N–H and O–H groups in total. The van der Waals surface area contributed by atoms with Crippen LogP contribution in [0.15, 0.2) is 12.2 Å². The van der Waals surface area contributed by atoms with Crippen LogP contribution in [0.4, 0.5) is 0 Å². The lowest BCUT2D eigenvalue weighted by atomic mass is 10.0. The molecule has 0 aromatic heterocycles. The van der Waals surface area contributed by atoms with Crippen molar-refractivity contribution in [3.8, 4) is 0 Å². The molecule has 0 saturated heterocycles. The molecule has 0 amide bonds. The molecule has 4 heteroatoms. The van der Waals surface area contributed by atoms with Crippen molar-refractivity contribution < 1.29 is 19.8 Å². The van der Waals surface area contributed by atoms with Crippen molar-refractivity contribution in [2.24, 2.45) is 0 Å². The van der Waals surface area contributed by atoms with E-state index in [0.29, 0.717) is 6.42 Å². The fraction of sp³-hybridized carbons (Fsp3) is 0.875. The first-order valence-electron chi connectivity index (χ1n) is 15.7. The molecule has 0 atom stereocenters. The predicted octanol–water partition coefficient (Wildman–Crippen LogP) is 10.6. The van der Waals surface area contributed by atoms with Crippen LogP contribution >= 0.6 is 0 Å². The van der Waals surface area contributed by atoms with Crippen molar-refractivity contribution in [2.75, 3.05) is 0 Å². The minimum absolute atomic E-state index is 0.157. The van der Waals surface area contributed by atoms with E-state index in [0.717, 1.165) is 19.3 Å². The maximum absolute atomic E-state index is 10.5. The third-order valence-electron chi connectivity index (χ3n) is 7.22. The summed E-state index contributed by atoms with van der Waals surface area (Å²) in [5.74, 6) is -1.40. The number of hydrogen-bond donors (Lipinski definition) is 2. The van der Waals surface area contributed by atoms with Gasteiger partial charge in [-0.2, -0.15) is 0 Å². The summed E-state index contributed by atoms with van der Waals surface area (Å²) in [5.41, 5.74) is 0. The Hall–Kier alpha value is -1.32. The molecule has 0 aliphatic heterocycles. The fourth-order valence-electron chi connectivity index (χ4n) is 4.91. The molecule has 0 aromatic carbocycles. The first-order chi connectivity index (χ1) is 17.6. The van der Waals surface area contributed by atoms with Crippen LogP contribution in [0.3, 0.4) is 0 Å². The summed E-state index contributed by atoms with van der Waals surface area (Å²) >= 11 is 0. The highest BCUT2D eigenvalue weighted by molar-refractivity contribution is 5.68. The normalized spacial score (nSPS) is 11.4. The SMILES string of the molecule is O=C(O)CC=CCCCCCCCCCCCCCCCCCCCCCCCCCCCC(=O)O. The minimum atomic E-state index is -0.743. The first-order valence-corrected chi connectivity index (χ1v) is 15.7. The number of allylic oxidation sites excluding steroid dienone is 1. The summed E-state index contributed by atoms with van der Waals surface area (Å²) < 4.78 is 0. The molecule has 212 valence electrons. The average Bonchev–Trinajstić information content (AvgIpc) is 2.85. The topological polar surface area (TPSA) is 74.6 Å². The van der Waals surface area contributed by atoms with Crippen molar-refractivity contribution in [3.63, 3.8) is 0 Å². The van der Waals surface area contributed by atoms with E-state index in [1.165, 1.54) is 148 Å². The van der Waals surface area contributed by atoms with Crippen molar-refractivity contribution in [1.82, 2.24) is 0 Å². The van der Waals surface area contributed by atoms with Gasteiger partial charge in [-0.05, 0) is 19.3 Å². The summed E-state index contributed by atoms with van der Waals surface area (Å²) in [7, 11) is 0. The van der Waals surface area contributed by atoms with Gasteiger partial charge in [-0.1, -0.05) is 160 Å². The summed E-state index contributed by atoms with van der Waals surface area (Å²) in [4.78, 5) is 20.9. The summed E-state index contributed by atoms with van der Waals surface area (Å²) in [6.07, 6.45) is 38.7. The molecule has 0 rings (SSSR count). The van der Waals surface area contributed by atoms with Crippen molar-refractivity contribution in [1.29, 1.82) is 0 Å². The van der Waals surface area contributed by atoms with Crippen LogP contribution in [0.25, 0.3) is 0 Å². The lowest BCUT2D eigenvalue weighted by Crippen LogP contribution is -1.93. The molecule has 0 saturated carbocycles. The van der Waals surface area contributed by atoms with Gasteiger partial charge in [0, 0.05) is 6.42 Å². The van der Waals surface area contributed by atoms with Gasteiger partial charge in [0.15, 0.2) is 0 Å². The molecule has 4 nitrogen and oxygen atoms in total. The second kappa shape index (κ2) is 29.9. The van der Waals surface area contributed by atoms with Gasteiger partial charge in [0.1, 0.15) is 0 Å². The molecule has 0 spiro atoms. The molecule has 0 bridgehead atoms. The summed E-state index contributed by atoms with van der Waals surface area (Å²) in [6, 6.07) is 0. The summed E-state index contributed by atoms with van der Waals surface area (Å²) in [6.45, 7) is 0. The lowest BCUT2D eigenvalue weighted by Gasteiger charge is -2.04. The number of carboxylic acids is 2.